The molecule has 0 saturated carbocycles. The second-order valence-corrected chi connectivity index (χ2v) is 4.90. The van der Waals surface area contributed by atoms with E-state index in [4.69, 9.17) is 4.74 Å². The van der Waals surface area contributed by atoms with Gasteiger partial charge < -0.3 is 9.64 Å². The molecule has 0 heterocycles. The number of nitrogens with zero attached hydrogens (tertiary/aromatic N) is 1. The lowest BCUT2D eigenvalue weighted by Gasteiger charge is -2.23. The van der Waals surface area contributed by atoms with Crippen molar-refractivity contribution in [3.63, 3.8) is 0 Å². The summed E-state index contributed by atoms with van der Waals surface area (Å²) in [4.78, 5) is 14.1. The van der Waals surface area contributed by atoms with Gasteiger partial charge in [0.1, 0.15) is 13.2 Å². The second-order valence-electron chi connectivity index (χ2n) is 4.90. The maximum atomic E-state index is 12.0. The molecule has 21 heavy (non-hydrogen) atoms. The molecule has 2 aromatic carbocycles. The van der Waals surface area contributed by atoms with Crippen LogP contribution in [-0.4, -0.2) is 19.1 Å². The highest BCUT2D eigenvalue weighted by atomic mass is 16.5. The van der Waals surface area contributed by atoms with Gasteiger partial charge in [0.2, 0.25) is 0 Å². The van der Waals surface area contributed by atoms with Gasteiger partial charge in [0.25, 0.3) is 0 Å². The normalized spacial score (nSPS) is 10.1. The van der Waals surface area contributed by atoms with Crippen LogP contribution in [0, 0.1) is 0 Å². The van der Waals surface area contributed by atoms with Crippen LogP contribution in [0.5, 0.6) is 0 Å². The summed E-state index contributed by atoms with van der Waals surface area (Å²) in [6.07, 6.45) is 0.987. The highest BCUT2D eigenvalue weighted by Gasteiger charge is 2.11. The number of carbonyl (C=O) groups excluding carboxylic acids is 1. The van der Waals surface area contributed by atoms with Crippen molar-refractivity contribution >= 4 is 11.7 Å². The van der Waals surface area contributed by atoms with Crippen LogP contribution in [0.3, 0.4) is 0 Å². The van der Waals surface area contributed by atoms with Gasteiger partial charge in [-0.15, -0.1) is 0 Å². The molecule has 0 atom stereocenters. The Labute approximate surface area is 126 Å². The van der Waals surface area contributed by atoms with Gasteiger partial charge in [-0.25, -0.2) is 0 Å². The molecule has 0 aliphatic carbocycles. The number of para-hydroxylation sites is 1. The van der Waals surface area contributed by atoms with E-state index in [1.807, 2.05) is 65.6 Å². The molecule has 0 unspecified atom stereocenters. The summed E-state index contributed by atoms with van der Waals surface area (Å²) in [5, 5.41) is 0. The van der Waals surface area contributed by atoms with Crippen LogP contribution in [0.25, 0.3) is 0 Å². The van der Waals surface area contributed by atoms with Crippen LogP contribution in [0.2, 0.25) is 0 Å². The van der Waals surface area contributed by atoms with E-state index in [1.54, 1.807) is 0 Å². The average molecular weight is 283 g/mol. The van der Waals surface area contributed by atoms with Crippen molar-refractivity contribution < 1.29 is 9.53 Å². The van der Waals surface area contributed by atoms with Crippen LogP contribution in [0.4, 0.5) is 5.69 Å². The van der Waals surface area contributed by atoms with Crippen LogP contribution in [0.15, 0.2) is 60.7 Å². The highest BCUT2D eigenvalue weighted by molar-refractivity contribution is 5.75. The lowest BCUT2D eigenvalue weighted by molar-refractivity contribution is -0.143. The Hall–Kier alpha value is -2.29. The molecule has 0 N–H and O–H groups in total. The minimum atomic E-state index is -0.198. The van der Waals surface area contributed by atoms with Crippen LogP contribution >= 0.6 is 0 Å². The number of ether oxygens (including phenoxy) is 1. The Balaban J connectivity index is 1.89. The molecule has 2 rings (SSSR count). The summed E-state index contributed by atoms with van der Waals surface area (Å²) in [5.74, 6) is -0.198. The monoisotopic (exact) mass is 283 g/mol. The molecule has 0 amide bonds. The van der Waals surface area contributed by atoms with E-state index in [0.29, 0.717) is 6.61 Å². The summed E-state index contributed by atoms with van der Waals surface area (Å²) in [5.41, 5.74) is 2.06. The van der Waals surface area contributed by atoms with Crippen molar-refractivity contribution in [3.8, 4) is 0 Å². The molecule has 3 nitrogen and oxygen atoms in total. The first kappa shape index (κ1) is 15.1. The molecular weight excluding hydrogens is 262 g/mol. The van der Waals surface area contributed by atoms with E-state index in [9.17, 15) is 4.79 Å². The Morgan fingerprint density at radius 1 is 1.00 bits per heavy atom. The summed E-state index contributed by atoms with van der Waals surface area (Å²) < 4.78 is 5.35. The fourth-order valence-corrected chi connectivity index (χ4v) is 2.15. The molecule has 0 aromatic heterocycles. The van der Waals surface area contributed by atoms with Crippen molar-refractivity contribution in [2.24, 2.45) is 0 Å². The summed E-state index contributed by atoms with van der Waals surface area (Å²) >= 11 is 0. The van der Waals surface area contributed by atoms with Gasteiger partial charge in [0, 0.05) is 12.2 Å². The first-order valence-corrected chi connectivity index (χ1v) is 7.29. The number of anilines is 1. The van der Waals surface area contributed by atoms with E-state index in [2.05, 4.69) is 6.92 Å². The SMILES string of the molecule is CCCN(CC(=O)OCc1ccccc1)c1ccccc1. The van der Waals surface area contributed by atoms with Gasteiger partial charge in [-0.05, 0) is 24.1 Å². The third-order valence-electron chi connectivity index (χ3n) is 3.18. The van der Waals surface area contributed by atoms with E-state index in [1.165, 1.54) is 0 Å². The maximum absolute atomic E-state index is 12.0. The quantitative estimate of drug-likeness (QED) is 0.726. The van der Waals surface area contributed by atoms with E-state index >= 15 is 0 Å². The van der Waals surface area contributed by atoms with Gasteiger partial charge in [0.05, 0.1) is 0 Å². The topological polar surface area (TPSA) is 29.5 Å². The highest BCUT2D eigenvalue weighted by Crippen LogP contribution is 2.13. The van der Waals surface area contributed by atoms with Gasteiger partial charge in [0.15, 0.2) is 0 Å². The van der Waals surface area contributed by atoms with E-state index in [-0.39, 0.29) is 12.5 Å². The molecule has 0 fully saturated rings. The third-order valence-corrected chi connectivity index (χ3v) is 3.18. The lowest BCUT2D eigenvalue weighted by Crippen LogP contribution is -2.31. The van der Waals surface area contributed by atoms with Crippen LogP contribution < -0.4 is 4.90 Å². The van der Waals surface area contributed by atoms with Crippen molar-refractivity contribution in [1.29, 1.82) is 0 Å². The second kappa shape index (κ2) is 8.10. The smallest absolute Gasteiger partial charge is 0.325 e. The Bertz CT molecular complexity index is 540. The molecule has 0 aliphatic rings. The number of hydrogen-bond acceptors (Lipinski definition) is 3. The summed E-state index contributed by atoms with van der Waals surface area (Å²) in [6.45, 7) is 3.55. The number of benzene rings is 2. The predicted octanol–water partition coefficient (Wildman–Crippen LogP) is 3.65. The van der Waals surface area contributed by atoms with Gasteiger partial charge in [-0.1, -0.05) is 55.5 Å². The molecular formula is C18H21NO2. The maximum Gasteiger partial charge on any atom is 0.325 e. The van der Waals surface area contributed by atoms with Crippen molar-refractivity contribution in [2.45, 2.75) is 20.0 Å². The largest absolute Gasteiger partial charge is 0.459 e. The molecule has 3 heteroatoms. The molecule has 0 aliphatic heterocycles. The zero-order chi connectivity index (χ0) is 14.9. The van der Waals surface area contributed by atoms with Crippen molar-refractivity contribution in [3.05, 3.63) is 66.2 Å². The number of carbonyl (C=O) groups is 1. The Kier molecular flexibility index (Phi) is 5.83. The number of esters is 1. The predicted molar refractivity (Wildman–Crippen MR) is 85.2 cm³/mol. The molecule has 2 aromatic rings. The number of rotatable bonds is 7. The fourth-order valence-electron chi connectivity index (χ4n) is 2.15. The van der Waals surface area contributed by atoms with E-state index < -0.39 is 0 Å². The molecule has 0 saturated heterocycles. The first-order valence-electron chi connectivity index (χ1n) is 7.29. The first-order chi connectivity index (χ1) is 10.3. The Morgan fingerprint density at radius 3 is 2.24 bits per heavy atom. The zero-order valence-electron chi connectivity index (χ0n) is 12.4. The average Bonchev–Trinajstić information content (AvgIpc) is 2.54. The van der Waals surface area contributed by atoms with Gasteiger partial charge >= 0.3 is 5.97 Å². The minimum Gasteiger partial charge on any atom is -0.459 e. The van der Waals surface area contributed by atoms with E-state index in [0.717, 1.165) is 24.2 Å². The molecule has 0 radical (unpaired) electrons. The van der Waals surface area contributed by atoms with Crippen LogP contribution in [0.1, 0.15) is 18.9 Å². The number of hydrogen-bond donors (Lipinski definition) is 0. The molecule has 0 spiro atoms. The lowest BCUT2D eigenvalue weighted by atomic mass is 10.2. The van der Waals surface area contributed by atoms with Gasteiger partial charge in [-0.2, -0.15) is 0 Å². The standard InChI is InChI=1S/C18H21NO2/c1-2-13-19(17-11-7-4-8-12-17)14-18(20)21-15-16-9-5-3-6-10-16/h3-12H,2,13-15H2,1H3. The van der Waals surface area contributed by atoms with Crippen LogP contribution in [-0.2, 0) is 16.1 Å². The molecule has 110 valence electrons. The fraction of sp³-hybridized carbons (Fsp3) is 0.278. The van der Waals surface area contributed by atoms with Crippen molar-refractivity contribution in [2.75, 3.05) is 18.0 Å². The van der Waals surface area contributed by atoms with Gasteiger partial charge in [-0.3, -0.25) is 4.79 Å². The summed E-state index contributed by atoms with van der Waals surface area (Å²) in [6, 6.07) is 19.7. The Morgan fingerprint density at radius 2 is 1.62 bits per heavy atom. The minimum absolute atomic E-state index is 0.198. The summed E-state index contributed by atoms with van der Waals surface area (Å²) in [7, 11) is 0. The molecule has 0 bridgehead atoms. The third kappa shape index (κ3) is 4.95. The van der Waals surface area contributed by atoms with Crippen molar-refractivity contribution in [1.82, 2.24) is 0 Å². The zero-order valence-corrected chi connectivity index (χ0v) is 12.4.